The number of fused-ring (bicyclic) bond motifs is 1. The molecule has 0 atom stereocenters. The lowest BCUT2D eigenvalue weighted by molar-refractivity contribution is 0.0995. The number of pyridine rings is 1. The molecule has 0 bridgehead atoms. The van der Waals surface area contributed by atoms with E-state index in [9.17, 15) is 4.79 Å². The molecule has 0 unspecified atom stereocenters. The zero-order valence-electron chi connectivity index (χ0n) is 14.3. The van der Waals surface area contributed by atoms with E-state index in [1.165, 1.54) is 44.4 Å². The number of hydrogen-bond acceptors (Lipinski definition) is 6. The number of nitrogens with zero attached hydrogens (tertiary/aromatic N) is 2. The van der Waals surface area contributed by atoms with Gasteiger partial charge < -0.3 is 15.8 Å². The first-order chi connectivity index (χ1) is 12.7. The standard InChI is InChI=1S/C19H20N4O2S/c20-18(24)16-10-14(8-9-21-16)25-13-6-7-15-17(11-13)26-19(23-15)22-12-4-2-1-3-5-12/h6-12H,1-5H2,(H2,20,24)(H,22,23). The molecule has 3 aromatic rings. The minimum Gasteiger partial charge on any atom is -0.457 e. The Bertz CT molecular complexity index is 934. The molecular formula is C19H20N4O2S. The number of ether oxygens (including phenoxy) is 1. The molecule has 1 aliphatic carbocycles. The van der Waals surface area contributed by atoms with Gasteiger partial charge in [-0.05, 0) is 31.0 Å². The highest BCUT2D eigenvalue weighted by Gasteiger charge is 2.15. The Hall–Kier alpha value is -2.67. The van der Waals surface area contributed by atoms with Crippen LogP contribution < -0.4 is 15.8 Å². The Morgan fingerprint density at radius 2 is 1.96 bits per heavy atom. The third-order valence-electron chi connectivity index (χ3n) is 4.51. The molecule has 1 fully saturated rings. The van der Waals surface area contributed by atoms with E-state index in [1.54, 1.807) is 17.4 Å². The summed E-state index contributed by atoms with van der Waals surface area (Å²) in [4.78, 5) is 19.8. The van der Waals surface area contributed by atoms with Crippen LogP contribution in [0.15, 0.2) is 36.5 Å². The predicted octanol–water partition coefficient (Wildman–Crippen LogP) is 4.33. The molecular weight excluding hydrogens is 348 g/mol. The molecule has 1 aromatic carbocycles. The number of aromatic nitrogens is 2. The Balaban J connectivity index is 1.52. The number of benzene rings is 1. The summed E-state index contributed by atoms with van der Waals surface area (Å²) in [6, 6.07) is 9.54. The summed E-state index contributed by atoms with van der Waals surface area (Å²) in [5.74, 6) is 0.636. The van der Waals surface area contributed by atoms with Crippen molar-refractivity contribution in [1.29, 1.82) is 0 Å². The van der Waals surface area contributed by atoms with Gasteiger partial charge in [0.2, 0.25) is 0 Å². The maximum atomic E-state index is 11.2. The number of nitrogens with one attached hydrogen (secondary N) is 1. The topological polar surface area (TPSA) is 90.1 Å². The quantitative estimate of drug-likeness (QED) is 0.700. The van der Waals surface area contributed by atoms with Crippen LogP contribution in [0.25, 0.3) is 10.2 Å². The second-order valence-electron chi connectivity index (χ2n) is 6.47. The number of amides is 1. The van der Waals surface area contributed by atoms with Gasteiger partial charge in [-0.2, -0.15) is 0 Å². The highest BCUT2D eigenvalue weighted by Crippen LogP contribution is 2.32. The highest BCUT2D eigenvalue weighted by atomic mass is 32.1. The molecule has 0 radical (unpaired) electrons. The van der Waals surface area contributed by atoms with Crippen molar-refractivity contribution in [3.05, 3.63) is 42.2 Å². The van der Waals surface area contributed by atoms with Gasteiger partial charge in [0.15, 0.2) is 5.13 Å². The van der Waals surface area contributed by atoms with Crippen molar-refractivity contribution in [1.82, 2.24) is 9.97 Å². The normalized spacial score (nSPS) is 15.1. The number of anilines is 1. The maximum absolute atomic E-state index is 11.2. The number of carbonyl (C=O) groups excluding carboxylic acids is 1. The Kier molecular flexibility index (Phi) is 4.71. The van der Waals surface area contributed by atoms with Gasteiger partial charge in [0.25, 0.3) is 5.91 Å². The summed E-state index contributed by atoms with van der Waals surface area (Å²) < 4.78 is 6.91. The summed E-state index contributed by atoms with van der Waals surface area (Å²) in [7, 11) is 0. The average Bonchev–Trinajstić information content (AvgIpc) is 3.04. The minimum atomic E-state index is -0.577. The Labute approximate surface area is 155 Å². The second kappa shape index (κ2) is 7.29. The maximum Gasteiger partial charge on any atom is 0.267 e. The number of hydrogen-bond donors (Lipinski definition) is 2. The number of thiazole rings is 1. The molecule has 3 N–H and O–H groups in total. The largest absolute Gasteiger partial charge is 0.457 e. The van der Waals surface area contributed by atoms with E-state index in [-0.39, 0.29) is 5.69 Å². The van der Waals surface area contributed by atoms with E-state index in [1.807, 2.05) is 18.2 Å². The van der Waals surface area contributed by atoms with Gasteiger partial charge in [-0.1, -0.05) is 30.6 Å². The molecule has 2 aromatic heterocycles. The highest BCUT2D eigenvalue weighted by molar-refractivity contribution is 7.22. The molecule has 0 spiro atoms. The van der Waals surface area contributed by atoms with Crippen LogP contribution in [0.1, 0.15) is 42.6 Å². The van der Waals surface area contributed by atoms with E-state index in [0.717, 1.165) is 15.3 Å². The molecule has 134 valence electrons. The first-order valence-corrected chi connectivity index (χ1v) is 9.60. The molecule has 4 rings (SSSR count). The van der Waals surface area contributed by atoms with Crippen LogP contribution in [0, 0.1) is 0 Å². The number of nitrogens with two attached hydrogens (primary N) is 1. The second-order valence-corrected chi connectivity index (χ2v) is 7.50. The summed E-state index contributed by atoms with van der Waals surface area (Å²) >= 11 is 1.64. The fraction of sp³-hybridized carbons (Fsp3) is 0.316. The van der Waals surface area contributed by atoms with E-state index < -0.39 is 5.91 Å². The van der Waals surface area contributed by atoms with Crippen LogP contribution in [-0.2, 0) is 0 Å². The van der Waals surface area contributed by atoms with Crippen molar-refractivity contribution in [3.63, 3.8) is 0 Å². The summed E-state index contributed by atoms with van der Waals surface area (Å²) in [5.41, 5.74) is 6.39. The van der Waals surface area contributed by atoms with Crippen molar-refractivity contribution in [2.45, 2.75) is 38.1 Å². The SMILES string of the molecule is NC(=O)c1cc(Oc2ccc3nc(NC4CCCCC4)sc3c2)ccn1. The van der Waals surface area contributed by atoms with Crippen LogP contribution in [0.2, 0.25) is 0 Å². The third-order valence-corrected chi connectivity index (χ3v) is 5.46. The van der Waals surface area contributed by atoms with E-state index in [2.05, 4.69) is 15.3 Å². The molecule has 26 heavy (non-hydrogen) atoms. The van der Waals surface area contributed by atoms with Crippen LogP contribution in [0.3, 0.4) is 0 Å². The number of rotatable bonds is 5. The lowest BCUT2D eigenvalue weighted by atomic mass is 9.96. The zero-order chi connectivity index (χ0) is 17.9. The smallest absolute Gasteiger partial charge is 0.267 e. The van der Waals surface area contributed by atoms with Gasteiger partial charge >= 0.3 is 0 Å². The van der Waals surface area contributed by atoms with Crippen LogP contribution in [-0.4, -0.2) is 21.9 Å². The first kappa shape index (κ1) is 16.8. The predicted molar refractivity (Wildman–Crippen MR) is 103 cm³/mol. The van der Waals surface area contributed by atoms with E-state index in [4.69, 9.17) is 10.5 Å². The average molecular weight is 368 g/mol. The molecule has 7 heteroatoms. The molecule has 0 saturated heterocycles. The van der Waals surface area contributed by atoms with Crippen LogP contribution in [0.5, 0.6) is 11.5 Å². The molecule has 1 saturated carbocycles. The van der Waals surface area contributed by atoms with Crippen molar-refractivity contribution >= 4 is 32.6 Å². The Morgan fingerprint density at radius 3 is 2.77 bits per heavy atom. The molecule has 1 aliphatic rings. The number of primary amides is 1. The fourth-order valence-electron chi connectivity index (χ4n) is 3.20. The van der Waals surface area contributed by atoms with E-state index >= 15 is 0 Å². The van der Waals surface area contributed by atoms with Crippen molar-refractivity contribution in [2.24, 2.45) is 5.73 Å². The third kappa shape index (κ3) is 3.77. The fourth-order valence-corrected chi connectivity index (χ4v) is 4.17. The summed E-state index contributed by atoms with van der Waals surface area (Å²) in [6.07, 6.45) is 7.86. The van der Waals surface area contributed by atoms with Gasteiger partial charge in [-0.25, -0.2) is 4.98 Å². The zero-order valence-corrected chi connectivity index (χ0v) is 15.1. The molecule has 6 nitrogen and oxygen atoms in total. The lowest BCUT2D eigenvalue weighted by Crippen LogP contribution is -2.21. The minimum absolute atomic E-state index is 0.181. The van der Waals surface area contributed by atoms with Crippen LogP contribution in [0.4, 0.5) is 5.13 Å². The molecule has 1 amide bonds. The number of carbonyl (C=O) groups is 1. The van der Waals surface area contributed by atoms with E-state index in [0.29, 0.717) is 17.5 Å². The van der Waals surface area contributed by atoms with Gasteiger partial charge in [-0.15, -0.1) is 0 Å². The van der Waals surface area contributed by atoms with Crippen LogP contribution >= 0.6 is 11.3 Å². The van der Waals surface area contributed by atoms with Crippen molar-refractivity contribution in [3.8, 4) is 11.5 Å². The molecule has 2 heterocycles. The molecule has 0 aliphatic heterocycles. The van der Waals surface area contributed by atoms with Gasteiger partial charge in [0.1, 0.15) is 17.2 Å². The van der Waals surface area contributed by atoms with Gasteiger partial charge in [0, 0.05) is 24.4 Å². The summed E-state index contributed by atoms with van der Waals surface area (Å²) in [6.45, 7) is 0. The van der Waals surface area contributed by atoms with Crippen molar-refractivity contribution in [2.75, 3.05) is 5.32 Å². The van der Waals surface area contributed by atoms with Gasteiger partial charge in [-0.3, -0.25) is 9.78 Å². The summed E-state index contributed by atoms with van der Waals surface area (Å²) in [5, 5.41) is 4.53. The monoisotopic (exact) mass is 368 g/mol. The lowest BCUT2D eigenvalue weighted by Gasteiger charge is -2.22. The Morgan fingerprint density at radius 1 is 1.15 bits per heavy atom. The van der Waals surface area contributed by atoms with Gasteiger partial charge in [0.05, 0.1) is 10.2 Å². The first-order valence-electron chi connectivity index (χ1n) is 8.78. The van der Waals surface area contributed by atoms with Crippen molar-refractivity contribution < 1.29 is 9.53 Å².